The van der Waals surface area contributed by atoms with Crippen LogP contribution in [0.2, 0.25) is 0 Å². The zero-order valence-electron chi connectivity index (χ0n) is 22.0. The number of aromatic nitrogens is 4. The first-order chi connectivity index (χ1) is 19.5. The van der Waals surface area contributed by atoms with Crippen molar-refractivity contribution >= 4 is 9.84 Å². The van der Waals surface area contributed by atoms with Crippen molar-refractivity contribution in [2.45, 2.75) is 17.2 Å². The lowest BCUT2D eigenvalue weighted by molar-refractivity contribution is -0.00103. The Bertz CT molecular complexity index is 1530. The molecule has 0 saturated heterocycles. The van der Waals surface area contributed by atoms with Gasteiger partial charge in [0, 0.05) is 5.92 Å². The number of rotatable bonds is 12. The summed E-state index contributed by atoms with van der Waals surface area (Å²) in [6.07, 6.45) is 2.05. The second-order valence-corrected chi connectivity index (χ2v) is 11.4. The van der Waals surface area contributed by atoms with Crippen LogP contribution in [-0.2, 0) is 20.2 Å². The monoisotopic (exact) mass is 550 g/mol. The van der Waals surface area contributed by atoms with Gasteiger partial charge in [-0.3, -0.25) is 0 Å². The highest BCUT2D eigenvalue weighted by Gasteiger charge is 2.38. The molecule has 0 unspecified atom stereocenters. The molecule has 5 rings (SSSR count). The van der Waals surface area contributed by atoms with Crippen LogP contribution in [0, 0.1) is 5.92 Å². The first-order valence-corrected chi connectivity index (χ1v) is 14.7. The standard InChI is InChI=1S/C32H30N4O3S/c1-2-26(23-24-40(37,38)31-33-34-35-36(31)30-21-13-6-14-22-30)25-39-32(27-15-7-3-8-16-27,28-17-9-4-10-18-28)29-19-11-5-12-20-29/h2-22,26H,1,23-25H2/t26-/m1/s1. The summed E-state index contributed by atoms with van der Waals surface area (Å²) in [6.45, 7) is 4.24. The van der Waals surface area contributed by atoms with Gasteiger partial charge in [0.1, 0.15) is 5.60 Å². The average molecular weight is 551 g/mol. The highest BCUT2D eigenvalue weighted by molar-refractivity contribution is 7.91. The second-order valence-electron chi connectivity index (χ2n) is 9.40. The number of tetrazole rings is 1. The largest absolute Gasteiger partial charge is 0.360 e. The molecule has 0 N–H and O–H groups in total. The van der Waals surface area contributed by atoms with E-state index in [1.165, 1.54) is 4.68 Å². The van der Waals surface area contributed by atoms with Gasteiger partial charge in [-0.1, -0.05) is 120 Å². The van der Waals surface area contributed by atoms with E-state index in [-0.39, 0.29) is 23.4 Å². The summed E-state index contributed by atoms with van der Waals surface area (Å²) in [5.41, 5.74) is 2.61. The van der Waals surface area contributed by atoms with Crippen LogP contribution < -0.4 is 0 Å². The van der Waals surface area contributed by atoms with Gasteiger partial charge in [-0.05, 0) is 45.7 Å². The number of ether oxygens (including phenoxy) is 1. The molecule has 1 atom stereocenters. The van der Waals surface area contributed by atoms with Crippen LogP contribution in [0.15, 0.2) is 139 Å². The number of nitrogens with zero attached hydrogens (tertiary/aromatic N) is 4. The molecule has 5 aromatic rings. The molecule has 0 bridgehead atoms. The summed E-state index contributed by atoms with van der Waals surface area (Å²) in [7, 11) is -3.79. The molecule has 1 aromatic heterocycles. The third kappa shape index (κ3) is 5.64. The molecule has 0 saturated carbocycles. The van der Waals surface area contributed by atoms with Crippen LogP contribution in [0.25, 0.3) is 5.69 Å². The first kappa shape index (κ1) is 27.2. The van der Waals surface area contributed by atoms with E-state index in [0.717, 1.165) is 16.7 Å². The molecule has 7 nitrogen and oxygen atoms in total. The molecule has 0 spiro atoms. The fourth-order valence-corrected chi connectivity index (χ4v) is 6.13. The van der Waals surface area contributed by atoms with E-state index in [9.17, 15) is 8.42 Å². The number of para-hydroxylation sites is 1. The third-order valence-corrected chi connectivity index (χ3v) is 8.45. The van der Waals surface area contributed by atoms with Crippen molar-refractivity contribution < 1.29 is 13.2 Å². The van der Waals surface area contributed by atoms with E-state index < -0.39 is 15.4 Å². The van der Waals surface area contributed by atoms with Gasteiger partial charge in [-0.15, -0.1) is 6.58 Å². The molecule has 0 aliphatic rings. The van der Waals surface area contributed by atoms with Crippen LogP contribution in [0.5, 0.6) is 0 Å². The van der Waals surface area contributed by atoms with Crippen molar-refractivity contribution in [3.05, 3.63) is 151 Å². The summed E-state index contributed by atoms with van der Waals surface area (Å²) in [5, 5.41) is 11.2. The Labute approximate surface area is 234 Å². The van der Waals surface area contributed by atoms with Crippen molar-refractivity contribution in [3.8, 4) is 5.69 Å². The minimum Gasteiger partial charge on any atom is -0.360 e. The Hall–Kier alpha value is -4.40. The molecule has 0 amide bonds. The van der Waals surface area contributed by atoms with Gasteiger partial charge in [-0.2, -0.15) is 4.68 Å². The van der Waals surface area contributed by atoms with Crippen LogP contribution in [0.1, 0.15) is 23.1 Å². The first-order valence-electron chi connectivity index (χ1n) is 13.0. The Kier molecular flexibility index (Phi) is 8.28. The fraction of sp³-hybridized carbons (Fsp3) is 0.156. The number of sulfone groups is 1. The van der Waals surface area contributed by atoms with Gasteiger partial charge < -0.3 is 4.74 Å². The van der Waals surface area contributed by atoms with E-state index in [1.807, 2.05) is 60.7 Å². The zero-order valence-corrected chi connectivity index (χ0v) is 22.8. The minimum atomic E-state index is -3.79. The van der Waals surface area contributed by atoms with Crippen molar-refractivity contribution in [1.29, 1.82) is 0 Å². The maximum atomic E-state index is 13.3. The summed E-state index contributed by atoms with van der Waals surface area (Å²) in [4.78, 5) is 0. The molecule has 0 radical (unpaired) electrons. The van der Waals surface area contributed by atoms with Crippen LogP contribution in [0.4, 0.5) is 0 Å². The van der Waals surface area contributed by atoms with Gasteiger partial charge in [-0.25, -0.2) is 8.42 Å². The normalized spacial score (nSPS) is 12.6. The number of benzene rings is 4. The lowest BCUT2D eigenvalue weighted by atomic mass is 9.80. The van der Waals surface area contributed by atoms with Crippen LogP contribution >= 0.6 is 0 Å². The third-order valence-electron chi connectivity index (χ3n) is 6.87. The number of hydrogen-bond acceptors (Lipinski definition) is 6. The van der Waals surface area contributed by atoms with Crippen molar-refractivity contribution in [2.24, 2.45) is 5.92 Å². The zero-order chi connectivity index (χ0) is 27.8. The van der Waals surface area contributed by atoms with Gasteiger partial charge >= 0.3 is 0 Å². The van der Waals surface area contributed by atoms with Crippen molar-refractivity contribution in [2.75, 3.05) is 12.4 Å². The van der Waals surface area contributed by atoms with Crippen molar-refractivity contribution in [3.63, 3.8) is 0 Å². The Balaban J connectivity index is 1.42. The van der Waals surface area contributed by atoms with E-state index >= 15 is 0 Å². The van der Waals surface area contributed by atoms with E-state index in [1.54, 1.807) is 30.3 Å². The molecule has 0 aliphatic carbocycles. The summed E-state index contributed by atoms with van der Waals surface area (Å²) in [5.74, 6) is -0.402. The lowest BCUT2D eigenvalue weighted by Gasteiger charge is -2.37. The second kappa shape index (κ2) is 12.2. The SMILES string of the molecule is C=C[C@H](CCS(=O)(=O)c1nnnn1-c1ccccc1)COC(c1ccccc1)(c1ccccc1)c1ccccc1. The van der Waals surface area contributed by atoms with E-state index in [2.05, 4.69) is 58.5 Å². The maximum absolute atomic E-state index is 13.3. The predicted octanol–water partition coefficient (Wildman–Crippen LogP) is 5.64. The number of hydrogen-bond donors (Lipinski definition) is 0. The molecule has 4 aromatic carbocycles. The molecule has 202 valence electrons. The Morgan fingerprint density at radius 2 is 1.25 bits per heavy atom. The van der Waals surface area contributed by atoms with Gasteiger partial charge in [0.25, 0.3) is 5.16 Å². The molecule has 0 fully saturated rings. The fourth-order valence-electron chi connectivity index (χ4n) is 4.77. The predicted molar refractivity (Wildman–Crippen MR) is 155 cm³/mol. The molecular formula is C32H30N4O3S. The highest BCUT2D eigenvalue weighted by atomic mass is 32.2. The summed E-state index contributed by atoms with van der Waals surface area (Å²) in [6, 6.07) is 39.2. The lowest BCUT2D eigenvalue weighted by Crippen LogP contribution is -2.34. The highest BCUT2D eigenvalue weighted by Crippen LogP contribution is 2.41. The molecule has 1 heterocycles. The molecule has 40 heavy (non-hydrogen) atoms. The van der Waals surface area contributed by atoms with Crippen LogP contribution in [-0.4, -0.2) is 41.0 Å². The van der Waals surface area contributed by atoms with E-state index in [0.29, 0.717) is 12.1 Å². The van der Waals surface area contributed by atoms with Gasteiger partial charge in [0.15, 0.2) is 0 Å². The molecule has 0 aliphatic heterocycles. The smallest absolute Gasteiger partial charge is 0.272 e. The molecular weight excluding hydrogens is 520 g/mol. The maximum Gasteiger partial charge on any atom is 0.272 e. The summed E-state index contributed by atoms with van der Waals surface area (Å²) >= 11 is 0. The topological polar surface area (TPSA) is 87.0 Å². The molecule has 8 heteroatoms. The Morgan fingerprint density at radius 1 is 0.775 bits per heavy atom. The van der Waals surface area contributed by atoms with E-state index in [4.69, 9.17) is 4.74 Å². The van der Waals surface area contributed by atoms with Gasteiger partial charge in [0.2, 0.25) is 9.84 Å². The van der Waals surface area contributed by atoms with Gasteiger partial charge in [0.05, 0.1) is 18.0 Å². The van der Waals surface area contributed by atoms with Crippen molar-refractivity contribution in [1.82, 2.24) is 20.2 Å². The minimum absolute atomic E-state index is 0.157. The summed E-state index contributed by atoms with van der Waals surface area (Å²) < 4.78 is 34.8. The average Bonchev–Trinajstić information content (AvgIpc) is 3.53. The van der Waals surface area contributed by atoms with Crippen LogP contribution in [0.3, 0.4) is 0 Å². The quantitative estimate of drug-likeness (QED) is 0.148. The Morgan fingerprint density at radius 3 is 1.73 bits per heavy atom.